The summed E-state index contributed by atoms with van der Waals surface area (Å²) in [6, 6.07) is 13.6. The highest BCUT2D eigenvalue weighted by molar-refractivity contribution is 5.80. The second-order valence-electron chi connectivity index (χ2n) is 11.7. The lowest BCUT2D eigenvalue weighted by Crippen LogP contribution is -2.49. The van der Waals surface area contributed by atoms with E-state index in [4.69, 9.17) is 4.98 Å². The minimum Gasteiger partial charge on any atom is -0.351 e. The van der Waals surface area contributed by atoms with Gasteiger partial charge in [0.15, 0.2) is 0 Å². The highest BCUT2D eigenvalue weighted by Gasteiger charge is 2.57. The molecule has 170 valence electrons. The number of benzene rings is 1. The van der Waals surface area contributed by atoms with Gasteiger partial charge in [0.1, 0.15) is 6.33 Å². The first kappa shape index (κ1) is 19.9. The molecule has 0 amide bonds. The van der Waals surface area contributed by atoms with Crippen LogP contribution in [0.4, 0.5) is 0 Å². The van der Waals surface area contributed by atoms with Crippen LogP contribution in [0.2, 0.25) is 0 Å². The second-order valence-corrected chi connectivity index (χ2v) is 11.7. The minimum absolute atomic E-state index is 0.259. The van der Waals surface area contributed by atoms with Gasteiger partial charge in [-0.3, -0.25) is 0 Å². The number of para-hydroxylation sites is 2. The van der Waals surface area contributed by atoms with Gasteiger partial charge < -0.3 is 9.13 Å². The van der Waals surface area contributed by atoms with E-state index in [1.54, 1.807) is 5.57 Å². The SMILES string of the molecule is C[C@]12CC[C@H](n3cccc3)CC1=CCC1C2CC[C@]2(C)C(n3cnc4ccccc43)=CCC12. The Morgan fingerprint density at radius 2 is 1.70 bits per heavy atom. The Kier molecular flexibility index (Phi) is 4.20. The van der Waals surface area contributed by atoms with Gasteiger partial charge >= 0.3 is 0 Å². The summed E-state index contributed by atoms with van der Waals surface area (Å²) in [6.07, 6.45) is 20.9. The average Bonchev–Trinajstić information content (AvgIpc) is 3.57. The van der Waals surface area contributed by atoms with Crippen LogP contribution in [0.5, 0.6) is 0 Å². The normalized spacial score (nSPS) is 37.8. The van der Waals surface area contributed by atoms with E-state index in [0.29, 0.717) is 11.5 Å². The molecule has 3 nitrogen and oxygen atoms in total. The van der Waals surface area contributed by atoms with Gasteiger partial charge in [-0.25, -0.2) is 4.98 Å². The van der Waals surface area contributed by atoms with Crippen molar-refractivity contribution in [1.82, 2.24) is 14.1 Å². The predicted molar refractivity (Wildman–Crippen MR) is 135 cm³/mol. The maximum atomic E-state index is 4.72. The van der Waals surface area contributed by atoms with Crippen molar-refractivity contribution in [2.75, 3.05) is 0 Å². The van der Waals surface area contributed by atoms with Crippen LogP contribution in [-0.4, -0.2) is 14.1 Å². The van der Waals surface area contributed by atoms with Crippen LogP contribution in [0.3, 0.4) is 0 Å². The summed E-state index contributed by atoms with van der Waals surface area (Å²) in [5.74, 6) is 2.40. The number of aromatic nitrogens is 3. The van der Waals surface area contributed by atoms with Crippen LogP contribution in [0.25, 0.3) is 16.7 Å². The van der Waals surface area contributed by atoms with Crippen LogP contribution in [0.15, 0.2) is 72.8 Å². The fourth-order valence-electron chi connectivity index (χ4n) is 8.56. The summed E-state index contributed by atoms with van der Waals surface area (Å²) in [5.41, 5.74) is 6.30. The van der Waals surface area contributed by atoms with E-state index in [2.05, 4.69) is 90.3 Å². The predicted octanol–water partition coefficient (Wildman–Crippen LogP) is 7.49. The monoisotopic (exact) mass is 437 g/mol. The Morgan fingerprint density at radius 3 is 2.58 bits per heavy atom. The zero-order valence-corrected chi connectivity index (χ0v) is 20.0. The molecule has 0 bridgehead atoms. The van der Waals surface area contributed by atoms with Crippen molar-refractivity contribution in [3.63, 3.8) is 0 Å². The molecule has 2 fully saturated rings. The van der Waals surface area contributed by atoms with Gasteiger partial charge in [0.2, 0.25) is 0 Å². The van der Waals surface area contributed by atoms with Gasteiger partial charge in [-0.1, -0.05) is 43.7 Å². The maximum Gasteiger partial charge on any atom is 0.100 e. The van der Waals surface area contributed by atoms with Crippen molar-refractivity contribution in [3.05, 3.63) is 72.8 Å². The fourth-order valence-corrected chi connectivity index (χ4v) is 8.56. The Hall–Kier alpha value is -2.55. The van der Waals surface area contributed by atoms with E-state index in [1.807, 2.05) is 0 Å². The first-order valence-corrected chi connectivity index (χ1v) is 13.0. The van der Waals surface area contributed by atoms with Crippen LogP contribution < -0.4 is 0 Å². The van der Waals surface area contributed by atoms with E-state index in [-0.39, 0.29) is 5.41 Å². The first-order chi connectivity index (χ1) is 16.1. The summed E-state index contributed by atoms with van der Waals surface area (Å²) < 4.78 is 4.86. The van der Waals surface area contributed by atoms with Crippen molar-refractivity contribution in [3.8, 4) is 0 Å². The lowest BCUT2D eigenvalue weighted by atomic mass is 9.47. The molecule has 6 atom stereocenters. The molecule has 3 unspecified atom stereocenters. The molecule has 0 N–H and O–H groups in total. The second kappa shape index (κ2) is 6.98. The smallest absolute Gasteiger partial charge is 0.100 e. The largest absolute Gasteiger partial charge is 0.351 e. The van der Waals surface area contributed by atoms with Crippen LogP contribution in [-0.2, 0) is 0 Å². The molecule has 2 heterocycles. The number of imidazole rings is 1. The lowest BCUT2D eigenvalue weighted by molar-refractivity contribution is -0.0151. The number of hydrogen-bond donors (Lipinski definition) is 0. The third-order valence-electron chi connectivity index (χ3n) is 10.4. The highest BCUT2D eigenvalue weighted by Crippen LogP contribution is 2.66. The zero-order chi connectivity index (χ0) is 22.2. The van der Waals surface area contributed by atoms with E-state index >= 15 is 0 Å². The number of nitrogens with zero attached hydrogens (tertiary/aromatic N) is 3. The van der Waals surface area contributed by atoms with Crippen molar-refractivity contribution >= 4 is 16.7 Å². The van der Waals surface area contributed by atoms with Gasteiger partial charge in [-0.15, -0.1) is 0 Å². The summed E-state index contributed by atoms with van der Waals surface area (Å²) in [5, 5.41) is 0. The van der Waals surface area contributed by atoms with E-state index in [0.717, 1.165) is 23.3 Å². The van der Waals surface area contributed by atoms with E-state index < -0.39 is 0 Å². The summed E-state index contributed by atoms with van der Waals surface area (Å²) in [4.78, 5) is 4.72. The molecule has 7 rings (SSSR count). The minimum atomic E-state index is 0.259. The number of hydrogen-bond acceptors (Lipinski definition) is 1. The maximum absolute atomic E-state index is 4.72. The van der Waals surface area contributed by atoms with Crippen molar-refractivity contribution in [2.24, 2.45) is 28.6 Å². The third-order valence-corrected chi connectivity index (χ3v) is 10.4. The number of rotatable bonds is 2. The molecule has 4 aliphatic carbocycles. The van der Waals surface area contributed by atoms with E-state index in [9.17, 15) is 0 Å². The van der Waals surface area contributed by atoms with Gasteiger partial charge in [0, 0.05) is 29.5 Å². The van der Waals surface area contributed by atoms with Crippen molar-refractivity contribution < 1.29 is 0 Å². The molecule has 0 aliphatic heterocycles. The fraction of sp³-hybridized carbons (Fsp3) is 0.500. The van der Waals surface area contributed by atoms with Crippen molar-refractivity contribution in [2.45, 2.75) is 64.8 Å². The summed E-state index contributed by atoms with van der Waals surface area (Å²) >= 11 is 0. The highest BCUT2D eigenvalue weighted by atomic mass is 15.1. The molecule has 0 radical (unpaired) electrons. The molecule has 3 heteroatoms. The van der Waals surface area contributed by atoms with Crippen molar-refractivity contribution in [1.29, 1.82) is 0 Å². The van der Waals surface area contributed by atoms with Crippen LogP contribution in [0, 0.1) is 28.6 Å². The molecule has 2 saturated carbocycles. The molecular formula is C30H35N3. The van der Waals surface area contributed by atoms with Gasteiger partial charge in [0.25, 0.3) is 0 Å². The van der Waals surface area contributed by atoms with Gasteiger partial charge in [0.05, 0.1) is 11.0 Å². The van der Waals surface area contributed by atoms with Gasteiger partial charge in [-0.05, 0) is 92.4 Å². The van der Waals surface area contributed by atoms with Crippen LogP contribution >= 0.6 is 0 Å². The Morgan fingerprint density at radius 1 is 0.879 bits per heavy atom. The van der Waals surface area contributed by atoms with Crippen LogP contribution in [0.1, 0.15) is 64.8 Å². The zero-order valence-electron chi connectivity index (χ0n) is 20.0. The lowest BCUT2D eigenvalue weighted by Gasteiger charge is -2.58. The molecule has 3 aromatic rings. The first-order valence-electron chi connectivity index (χ1n) is 13.0. The molecule has 4 aliphatic rings. The molecule has 33 heavy (non-hydrogen) atoms. The topological polar surface area (TPSA) is 22.8 Å². The van der Waals surface area contributed by atoms with Gasteiger partial charge in [-0.2, -0.15) is 0 Å². The van der Waals surface area contributed by atoms with E-state index in [1.165, 1.54) is 56.2 Å². The Bertz CT molecular complexity index is 1260. The standard InChI is InChI=1S/C30H35N3/c1-29-15-13-22(32-17-5-6-18-32)19-21(29)9-10-23-24-11-12-28(30(24,2)16-14-25(23)29)33-20-31-26-7-3-4-8-27(26)33/h3-9,12,17-18,20,22-25H,10-11,13-16,19H2,1-2H3/t22-,23?,24?,25?,29-,30-/m0/s1. The summed E-state index contributed by atoms with van der Waals surface area (Å²) in [6.45, 7) is 5.18. The number of allylic oxidation sites excluding steroid dienone is 4. The quantitative estimate of drug-likeness (QED) is 0.381. The third kappa shape index (κ3) is 2.71. The molecule has 2 aromatic heterocycles. The average molecular weight is 438 g/mol. The molecule has 0 saturated heterocycles. The number of fused-ring (bicyclic) bond motifs is 6. The molecular weight excluding hydrogens is 402 g/mol. The molecule has 0 spiro atoms. The Labute approximate surface area is 197 Å². The summed E-state index contributed by atoms with van der Waals surface area (Å²) in [7, 11) is 0. The Balaban J connectivity index is 1.20. The molecule has 1 aromatic carbocycles.